The molecule has 2 N–H and O–H groups in total. The molecule has 10 heteroatoms. The van der Waals surface area contributed by atoms with E-state index in [1.807, 2.05) is 0 Å². The van der Waals surface area contributed by atoms with E-state index in [4.69, 9.17) is 9.47 Å². The van der Waals surface area contributed by atoms with Gasteiger partial charge in [0.2, 0.25) is 0 Å². The van der Waals surface area contributed by atoms with Crippen LogP contribution in [0.1, 0.15) is 20.8 Å². The summed E-state index contributed by atoms with van der Waals surface area (Å²) in [5, 5.41) is 4.18. The smallest absolute Gasteiger partial charge is 0.325 e. The van der Waals surface area contributed by atoms with Crippen molar-refractivity contribution in [2.24, 2.45) is 5.92 Å². The monoisotopic (exact) mass is 392 g/mol. The molecule has 0 saturated heterocycles. The first-order valence-electron chi connectivity index (χ1n) is 7.72. The van der Waals surface area contributed by atoms with E-state index in [9.17, 15) is 18.0 Å². The minimum Gasteiger partial charge on any atom is -0.451 e. The number of nitrogens with one attached hydrogen (secondary N) is 2. The fraction of sp³-hybridized carbons (Fsp3) is 0.600. The molecular weight excluding hydrogens is 368 g/mol. The van der Waals surface area contributed by atoms with Crippen LogP contribution in [0.15, 0.2) is 21.7 Å². The van der Waals surface area contributed by atoms with E-state index in [-0.39, 0.29) is 16.7 Å². The molecule has 1 amide bonds. The number of esters is 1. The van der Waals surface area contributed by atoms with Crippen molar-refractivity contribution in [2.75, 3.05) is 20.3 Å². The van der Waals surface area contributed by atoms with Crippen LogP contribution in [-0.2, 0) is 29.1 Å². The molecule has 0 unspecified atom stereocenters. The van der Waals surface area contributed by atoms with E-state index in [0.717, 1.165) is 11.3 Å². The van der Waals surface area contributed by atoms with Crippen molar-refractivity contribution in [1.29, 1.82) is 0 Å². The Morgan fingerprint density at radius 3 is 2.48 bits per heavy atom. The molecule has 0 radical (unpaired) electrons. The van der Waals surface area contributed by atoms with Crippen molar-refractivity contribution < 1.29 is 27.5 Å². The Morgan fingerprint density at radius 2 is 1.96 bits per heavy atom. The minimum atomic E-state index is -3.83. The first-order chi connectivity index (χ1) is 11.7. The Hall–Kier alpha value is -1.49. The van der Waals surface area contributed by atoms with Gasteiger partial charge in [0.05, 0.1) is 6.61 Å². The van der Waals surface area contributed by atoms with Gasteiger partial charge in [-0.05, 0) is 24.3 Å². The van der Waals surface area contributed by atoms with Crippen LogP contribution in [0.3, 0.4) is 0 Å². The number of carbonyl (C=O) groups excluding carboxylic acids is 2. The average Bonchev–Trinajstić information content (AvgIpc) is 3.07. The zero-order valence-electron chi connectivity index (χ0n) is 14.6. The molecule has 0 saturated carbocycles. The summed E-state index contributed by atoms with van der Waals surface area (Å²) in [5.74, 6) is -1.63. The summed E-state index contributed by atoms with van der Waals surface area (Å²) in [4.78, 5) is 24.2. The minimum absolute atomic E-state index is 0.108. The highest BCUT2D eigenvalue weighted by Gasteiger charge is 2.32. The van der Waals surface area contributed by atoms with Gasteiger partial charge in [0.15, 0.2) is 6.10 Å². The fourth-order valence-corrected chi connectivity index (χ4v) is 4.16. The van der Waals surface area contributed by atoms with Gasteiger partial charge in [-0.2, -0.15) is 4.72 Å². The maximum absolute atomic E-state index is 12.3. The van der Waals surface area contributed by atoms with E-state index < -0.39 is 34.0 Å². The summed E-state index contributed by atoms with van der Waals surface area (Å²) in [5.41, 5.74) is 0. The van der Waals surface area contributed by atoms with Crippen LogP contribution in [0.25, 0.3) is 0 Å². The molecule has 8 nitrogen and oxygen atoms in total. The summed E-state index contributed by atoms with van der Waals surface area (Å²) in [6.45, 7) is 5.42. The highest BCUT2D eigenvalue weighted by Crippen LogP contribution is 2.18. The largest absolute Gasteiger partial charge is 0.451 e. The molecule has 0 fully saturated rings. The molecule has 142 valence electrons. The predicted octanol–water partition coefficient (Wildman–Crippen LogP) is 0.745. The second kappa shape index (κ2) is 9.85. The quantitative estimate of drug-likeness (QED) is 0.449. The highest BCUT2D eigenvalue weighted by atomic mass is 32.2. The predicted molar refractivity (Wildman–Crippen MR) is 93.7 cm³/mol. The van der Waals surface area contributed by atoms with Gasteiger partial charge >= 0.3 is 5.97 Å². The number of hydrogen-bond donors (Lipinski definition) is 2. The van der Waals surface area contributed by atoms with E-state index in [1.54, 1.807) is 25.3 Å². The first kappa shape index (κ1) is 21.6. The second-order valence-corrected chi connectivity index (χ2v) is 8.53. The van der Waals surface area contributed by atoms with Gasteiger partial charge in [-0.1, -0.05) is 19.9 Å². The molecule has 1 aromatic heterocycles. The third-order valence-corrected chi connectivity index (χ3v) is 6.07. The molecule has 0 aliphatic rings. The fourth-order valence-electron chi connectivity index (χ4n) is 1.82. The maximum atomic E-state index is 12.3. The average molecular weight is 392 g/mol. The lowest BCUT2D eigenvalue weighted by molar-refractivity contribution is -0.157. The molecule has 0 bridgehead atoms. The Labute approximate surface area is 151 Å². The van der Waals surface area contributed by atoms with Crippen molar-refractivity contribution >= 4 is 33.2 Å². The SMILES string of the molecule is COCCNC(=O)[C@H](C)OC(=O)[C@@H](NS(=O)(=O)c1cccs1)C(C)C. The van der Waals surface area contributed by atoms with E-state index in [1.165, 1.54) is 20.1 Å². The normalized spacial score (nSPS) is 14.1. The number of hydrogen-bond acceptors (Lipinski definition) is 7. The zero-order valence-corrected chi connectivity index (χ0v) is 16.3. The molecular formula is C15H24N2O6S2. The Balaban J connectivity index is 2.72. The summed E-state index contributed by atoms with van der Waals surface area (Å²) in [6.07, 6.45) is -1.04. The number of thiophene rings is 1. The lowest BCUT2D eigenvalue weighted by Crippen LogP contribution is -2.47. The van der Waals surface area contributed by atoms with Crippen LogP contribution in [0.2, 0.25) is 0 Å². The van der Waals surface area contributed by atoms with Gasteiger partial charge < -0.3 is 14.8 Å². The number of carbonyl (C=O) groups is 2. The van der Waals surface area contributed by atoms with Gasteiger partial charge in [-0.15, -0.1) is 11.3 Å². The summed E-state index contributed by atoms with van der Waals surface area (Å²) in [7, 11) is -2.33. The topological polar surface area (TPSA) is 111 Å². The lowest BCUT2D eigenvalue weighted by atomic mass is 10.1. The summed E-state index contributed by atoms with van der Waals surface area (Å²) in [6, 6.07) is 1.96. The highest BCUT2D eigenvalue weighted by molar-refractivity contribution is 7.91. The van der Waals surface area contributed by atoms with Crippen LogP contribution in [0.5, 0.6) is 0 Å². The van der Waals surface area contributed by atoms with E-state index in [2.05, 4.69) is 10.0 Å². The van der Waals surface area contributed by atoms with Crippen LogP contribution in [0.4, 0.5) is 0 Å². The van der Waals surface area contributed by atoms with Crippen LogP contribution in [0, 0.1) is 5.92 Å². The Morgan fingerprint density at radius 1 is 1.28 bits per heavy atom. The molecule has 2 atom stereocenters. The standard InChI is InChI=1S/C15H24N2O6S2/c1-10(2)13(17-25(20,21)12-6-5-9-24-12)15(19)23-11(3)14(18)16-7-8-22-4/h5-6,9-11,13,17H,7-8H2,1-4H3,(H,16,18)/t11-,13-/m0/s1. The first-order valence-corrected chi connectivity index (χ1v) is 10.1. The summed E-state index contributed by atoms with van der Waals surface area (Å²) >= 11 is 1.05. The summed E-state index contributed by atoms with van der Waals surface area (Å²) < 4.78 is 37.0. The lowest BCUT2D eigenvalue weighted by Gasteiger charge is -2.22. The van der Waals surface area contributed by atoms with Gasteiger partial charge in [-0.25, -0.2) is 8.42 Å². The van der Waals surface area contributed by atoms with Gasteiger partial charge in [0.25, 0.3) is 15.9 Å². The van der Waals surface area contributed by atoms with Crippen molar-refractivity contribution in [3.8, 4) is 0 Å². The zero-order chi connectivity index (χ0) is 19.0. The van der Waals surface area contributed by atoms with Crippen LogP contribution >= 0.6 is 11.3 Å². The molecule has 0 spiro atoms. The number of rotatable bonds is 10. The molecule has 0 aromatic carbocycles. The Kier molecular flexibility index (Phi) is 8.50. The number of ether oxygens (including phenoxy) is 2. The number of methoxy groups -OCH3 is 1. The third kappa shape index (κ3) is 6.73. The van der Waals surface area contributed by atoms with Gasteiger partial charge in [0, 0.05) is 13.7 Å². The van der Waals surface area contributed by atoms with E-state index >= 15 is 0 Å². The van der Waals surface area contributed by atoms with Gasteiger partial charge in [0.1, 0.15) is 10.3 Å². The third-order valence-electron chi connectivity index (χ3n) is 3.23. The van der Waals surface area contributed by atoms with Gasteiger partial charge in [-0.3, -0.25) is 9.59 Å². The second-order valence-electron chi connectivity index (χ2n) is 5.64. The molecule has 0 aliphatic carbocycles. The van der Waals surface area contributed by atoms with Crippen molar-refractivity contribution in [3.05, 3.63) is 17.5 Å². The molecule has 25 heavy (non-hydrogen) atoms. The number of amides is 1. The number of sulfonamides is 1. The molecule has 0 aliphatic heterocycles. The molecule has 1 rings (SSSR count). The van der Waals surface area contributed by atoms with Crippen molar-refractivity contribution in [1.82, 2.24) is 10.0 Å². The van der Waals surface area contributed by atoms with Crippen molar-refractivity contribution in [2.45, 2.75) is 37.1 Å². The molecule has 1 aromatic rings. The van der Waals surface area contributed by atoms with Crippen LogP contribution in [-0.4, -0.2) is 52.7 Å². The molecule has 1 heterocycles. The maximum Gasteiger partial charge on any atom is 0.325 e. The van der Waals surface area contributed by atoms with Crippen molar-refractivity contribution in [3.63, 3.8) is 0 Å². The van der Waals surface area contributed by atoms with Crippen LogP contribution < -0.4 is 10.0 Å². The van der Waals surface area contributed by atoms with E-state index in [0.29, 0.717) is 6.61 Å². The Bertz CT molecular complexity index is 658.